The van der Waals surface area contributed by atoms with Gasteiger partial charge in [0.2, 0.25) is 5.92 Å². The van der Waals surface area contributed by atoms with Gasteiger partial charge in [-0.3, -0.25) is 10.00 Å². The Hall–Kier alpha value is -1.87. The standard InChI is InChI=1S/C15H19F5N4O/c1-24-11(9-5-14(16,17)6-9)10(8-3-2-4-8)12(23-24)22-13(25)21-7-15(18,19)20/h8-9H,2-7H2,1H3,(H2,21,22,23,25). The molecule has 2 amide bonds. The van der Waals surface area contributed by atoms with E-state index in [9.17, 15) is 26.7 Å². The molecule has 0 aromatic carbocycles. The lowest BCUT2D eigenvalue weighted by atomic mass is 9.72. The molecule has 0 bridgehead atoms. The predicted octanol–water partition coefficient (Wildman–Crippen LogP) is 3.88. The third-order valence-corrected chi connectivity index (χ3v) is 4.80. The summed E-state index contributed by atoms with van der Waals surface area (Å²) in [6, 6.07) is -1.01. The third kappa shape index (κ3) is 3.87. The van der Waals surface area contributed by atoms with Crippen molar-refractivity contribution in [1.29, 1.82) is 0 Å². The Morgan fingerprint density at radius 2 is 1.92 bits per heavy atom. The molecule has 0 unspecified atom stereocenters. The van der Waals surface area contributed by atoms with Gasteiger partial charge in [-0.15, -0.1) is 0 Å². The van der Waals surface area contributed by atoms with Crippen molar-refractivity contribution >= 4 is 11.8 Å². The molecule has 3 rings (SSSR count). The van der Waals surface area contributed by atoms with Crippen molar-refractivity contribution in [2.75, 3.05) is 11.9 Å². The number of urea groups is 1. The number of carbonyl (C=O) groups is 1. The molecule has 0 spiro atoms. The topological polar surface area (TPSA) is 59.0 Å². The first-order valence-electron chi connectivity index (χ1n) is 8.12. The van der Waals surface area contributed by atoms with E-state index in [0.717, 1.165) is 19.3 Å². The Kier molecular flexibility index (Phi) is 4.40. The van der Waals surface area contributed by atoms with E-state index in [2.05, 4.69) is 10.4 Å². The smallest absolute Gasteiger partial charge is 0.329 e. The van der Waals surface area contributed by atoms with Crippen molar-refractivity contribution < 1.29 is 26.7 Å². The first-order chi connectivity index (χ1) is 11.6. The minimum absolute atomic E-state index is 0.0934. The van der Waals surface area contributed by atoms with Crippen LogP contribution in [0.5, 0.6) is 0 Å². The quantitative estimate of drug-likeness (QED) is 0.795. The van der Waals surface area contributed by atoms with E-state index >= 15 is 0 Å². The van der Waals surface area contributed by atoms with Crippen LogP contribution in [0, 0.1) is 0 Å². The second-order valence-corrected chi connectivity index (χ2v) is 6.78. The molecule has 1 aromatic heterocycles. The molecule has 10 heteroatoms. The summed E-state index contributed by atoms with van der Waals surface area (Å²) in [6.07, 6.45) is -2.38. The number of aromatic nitrogens is 2. The summed E-state index contributed by atoms with van der Waals surface area (Å²) in [7, 11) is 1.60. The maximum atomic E-state index is 13.2. The molecule has 25 heavy (non-hydrogen) atoms. The van der Waals surface area contributed by atoms with Crippen molar-refractivity contribution in [2.24, 2.45) is 7.05 Å². The van der Waals surface area contributed by atoms with Gasteiger partial charge in [-0.2, -0.15) is 18.3 Å². The van der Waals surface area contributed by atoms with Gasteiger partial charge < -0.3 is 5.32 Å². The van der Waals surface area contributed by atoms with Crippen LogP contribution in [0.3, 0.4) is 0 Å². The summed E-state index contributed by atoms with van der Waals surface area (Å²) in [5.74, 6) is -2.78. The zero-order chi connectivity index (χ0) is 18.4. The molecule has 0 saturated heterocycles. The van der Waals surface area contributed by atoms with E-state index in [-0.39, 0.29) is 30.5 Å². The van der Waals surface area contributed by atoms with Gasteiger partial charge in [0.1, 0.15) is 6.54 Å². The Bertz CT molecular complexity index is 658. The van der Waals surface area contributed by atoms with Crippen molar-refractivity contribution in [1.82, 2.24) is 15.1 Å². The molecule has 1 heterocycles. The summed E-state index contributed by atoms with van der Waals surface area (Å²) in [6.45, 7) is -1.45. The summed E-state index contributed by atoms with van der Waals surface area (Å²) in [5.41, 5.74) is 1.35. The monoisotopic (exact) mass is 366 g/mol. The summed E-state index contributed by atoms with van der Waals surface area (Å²) < 4.78 is 64.5. The van der Waals surface area contributed by atoms with Crippen LogP contribution in [0.4, 0.5) is 32.6 Å². The number of nitrogens with zero attached hydrogens (tertiary/aromatic N) is 2. The molecule has 0 radical (unpaired) electrons. The number of halogens is 5. The Balaban J connectivity index is 1.78. The van der Waals surface area contributed by atoms with Crippen molar-refractivity contribution in [2.45, 2.75) is 56.0 Å². The number of rotatable bonds is 4. The first kappa shape index (κ1) is 17.9. The van der Waals surface area contributed by atoms with Gasteiger partial charge in [-0.05, 0) is 18.8 Å². The van der Waals surface area contributed by atoms with Crippen LogP contribution in [-0.2, 0) is 7.05 Å². The molecule has 2 N–H and O–H groups in total. The molecular weight excluding hydrogens is 347 g/mol. The predicted molar refractivity (Wildman–Crippen MR) is 79.8 cm³/mol. The molecule has 2 aliphatic carbocycles. The fraction of sp³-hybridized carbons (Fsp3) is 0.733. The minimum Gasteiger partial charge on any atom is -0.329 e. The maximum Gasteiger partial charge on any atom is 0.405 e. The van der Waals surface area contributed by atoms with E-state index in [1.54, 1.807) is 12.4 Å². The molecule has 2 fully saturated rings. The maximum absolute atomic E-state index is 13.2. The normalized spacial score (nSPS) is 20.7. The number of alkyl halides is 5. The molecule has 5 nitrogen and oxygen atoms in total. The van der Waals surface area contributed by atoms with Gasteiger partial charge in [0.15, 0.2) is 5.82 Å². The Labute approximate surface area is 140 Å². The minimum atomic E-state index is -4.51. The fourth-order valence-electron chi connectivity index (χ4n) is 3.42. The highest BCUT2D eigenvalue weighted by Gasteiger charge is 2.49. The molecule has 0 aliphatic heterocycles. The van der Waals surface area contributed by atoms with Crippen LogP contribution >= 0.6 is 0 Å². The van der Waals surface area contributed by atoms with Gasteiger partial charge in [-0.1, -0.05) is 6.42 Å². The number of amides is 2. The third-order valence-electron chi connectivity index (χ3n) is 4.80. The second kappa shape index (κ2) is 6.14. The lowest BCUT2D eigenvalue weighted by molar-refractivity contribution is -0.122. The lowest BCUT2D eigenvalue weighted by Gasteiger charge is -2.37. The number of hydrogen-bond donors (Lipinski definition) is 2. The average Bonchev–Trinajstić information content (AvgIpc) is 2.67. The van der Waals surface area contributed by atoms with Crippen LogP contribution in [-0.4, -0.2) is 34.5 Å². The molecular formula is C15H19F5N4O. The van der Waals surface area contributed by atoms with E-state index in [4.69, 9.17) is 0 Å². The van der Waals surface area contributed by atoms with Crippen LogP contribution in [0.1, 0.15) is 55.2 Å². The van der Waals surface area contributed by atoms with Gasteiger partial charge in [0.05, 0.1) is 0 Å². The van der Waals surface area contributed by atoms with Crippen LogP contribution in [0.15, 0.2) is 0 Å². The number of aryl methyl sites for hydroxylation is 1. The number of hydrogen-bond acceptors (Lipinski definition) is 2. The van der Waals surface area contributed by atoms with Crippen LogP contribution in [0.25, 0.3) is 0 Å². The second-order valence-electron chi connectivity index (χ2n) is 6.78. The fourth-order valence-corrected chi connectivity index (χ4v) is 3.42. The van der Waals surface area contributed by atoms with Gasteiger partial charge in [-0.25, -0.2) is 13.6 Å². The number of carbonyl (C=O) groups excluding carboxylic acids is 1. The molecule has 0 atom stereocenters. The van der Waals surface area contributed by atoms with Gasteiger partial charge in [0.25, 0.3) is 0 Å². The van der Waals surface area contributed by atoms with Crippen molar-refractivity contribution in [3.05, 3.63) is 11.3 Å². The lowest BCUT2D eigenvalue weighted by Crippen LogP contribution is -2.37. The Morgan fingerprint density at radius 1 is 1.28 bits per heavy atom. The van der Waals surface area contributed by atoms with Crippen molar-refractivity contribution in [3.8, 4) is 0 Å². The largest absolute Gasteiger partial charge is 0.405 e. The summed E-state index contributed by atoms with van der Waals surface area (Å²) >= 11 is 0. The first-order valence-corrected chi connectivity index (χ1v) is 8.12. The molecule has 140 valence electrons. The van der Waals surface area contributed by atoms with Gasteiger partial charge >= 0.3 is 12.2 Å². The van der Waals surface area contributed by atoms with E-state index in [1.807, 2.05) is 0 Å². The molecule has 2 saturated carbocycles. The van der Waals surface area contributed by atoms with E-state index < -0.39 is 24.7 Å². The zero-order valence-electron chi connectivity index (χ0n) is 13.6. The highest BCUT2D eigenvalue weighted by Crippen LogP contribution is 2.52. The highest BCUT2D eigenvalue weighted by molar-refractivity contribution is 5.89. The molecule has 2 aliphatic rings. The molecule has 1 aromatic rings. The Morgan fingerprint density at radius 3 is 2.40 bits per heavy atom. The summed E-state index contributed by atoms with van der Waals surface area (Å²) in [4.78, 5) is 11.7. The van der Waals surface area contributed by atoms with Crippen LogP contribution < -0.4 is 10.6 Å². The SMILES string of the molecule is Cn1nc(NC(=O)NCC(F)(F)F)c(C2CCC2)c1C1CC(F)(F)C1. The van der Waals surface area contributed by atoms with E-state index in [0.29, 0.717) is 11.3 Å². The summed E-state index contributed by atoms with van der Waals surface area (Å²) in [5, 5.41) is 8.24. The van der Waals surface area contributed by atoms with Crippen LogP contribution in [0.2, 0.25) is 0 Å². The van der Waals surface area contributed by atoms with E-state index in [1.165, 1.54) is 4.68 Å². The van der Waals surface area contributed by atoms with Gasteiger partial charge in [0, 0.05) is 37.1 Å². The van der Waals surface area contributed by atoms with Crippen molar-refractivity contribution in [3.63, 3.8) is 0 Å². The highest BCUT2D eigenvalue weighted by atomic mass is 19.4. The average molecular weight is 366 g/mol. The zero-order valence-corrected chi connectivity index (χ0v) is 13.6. The number of anilines is 1. The number of nitrogens with one attached hydrogen (secondary N) is 2.